The molecule has 6 heteroatoms. The lowest BCUT2D eigenvalue weighted by molar-refractivity contribution is 0.119. The number of nitrogens with one attached hydrogen (secondary N) is 2. The van der Waals surface area contributed by atoms with Crippen LogP contribution in [-0.2, 0) is 9.47 Å². The van der Waals surface area contributed by atoms with E-state index in [9.17, 15) is 9.90 Å². The average molecular weight is 296 g/mol. The van der Waals surface area contributed by atoms with Gasteiger partial charge in [0.2, 0.25) is 0 Å². The predicted octanol–water partition coefficient (Wildman–Crippen LogP) is 1.91. The molecule has 0 saturated carbocycles. The number of methoxy groups -OCH3 is 2. The van der Waals surface area contributed by atoms with E-state index in [0.29, 0.717) is 18.7 Å². The topological polar surface area (TPSA) is 79.8 Å². The highest BCUT2D eigenvalue weighted by Gasteiger charge is 2.12. The van der Waals surface area contributed by atoms with Crippen LogP contribution in [0.1, 0.15) is 25.0 Å². The summed E-state index contributed by atoms with van der Waals surface area (Å²) in [5.74, 6) is 0. The molecule has 0 heterocycles. The quantitative estimate of drug-likeness (QED) is 0.684. The molecular formula is C15H24N2O4. The molecule has 0 aromatic heterocycles. The zero-order chi connectivity index (χ0) is 15.7. The van der Waals surface area contributed by atoms with Crippen molar-refractivity contribution in [2.45, 2.75) is 25.5 Å². The number of urea groups is 1. The van der Waals surface area contributed by atoms with Gasteiger partial charge in [0, 0.05) is 26.5 Å². The van der Waals surface area contributed by atoms with Crippen molar-refractivity contribution in [3.05, 3.63) is 29.8 Å². The first-order valence-electron chi connectivity index (χ1n) is 6.90. The van der Waals surface area contributed by atoms with E-state index in [4.69, 9.17) is 9.47 Å². The maximum Gasteiger partial charge on any atom is 0.319 e. The monoisotopic (exact) mass is 296 g/mol. The van der Waals surface area contributed by atoms with E-state index in [0.717, 1.165) is 5.56 Å². The molecule has 6 nitrogen and oxygen atoms in total. The number of rotatable bonds is 8. The first kappa shape index (κ1) is 17.4. The average Bonchev–Trinajstić information content (AvgIpc) is 2.50. The van der Waals surface area contributed by atoms with Crippen LogP contribution in [0.25, 0.3) is 0 Å². The molecule has 0 radical (unpaired) electrons. The van der Waals surface area contributed by atoms with Gasteiger partial charge in [0.25, 0.3) is 0 Å². The van der Waals surface area contributed by atoms with Crippen LogP contribution in [0.2, 0.25) is 0 Å². The molecular weight excluding hydrogens is 272 g/mol. The molecule has 0 unspecified atom stereocenters. The van der Waals surface area contributed by atoms with Crippen molar-refractivity contribution in [1.29, 1.82) is 0 Å². The van der Waals surface area contributed by atoms with Gasteiger partial charge in [0.05, 0.1) is 18.8 Å². The summed E-state index contributed by atoms with van der Waals surface area (Å²) in [6.07, 6.45) is 0.517. The first-order chi connectivity index (χ1) is 10.1. The minimum absolute atomic E-state index is 0.0401. The van der Waals surface area contributed by atoms with Gasteiger partial charge < -0.3 is 25.2 Å². The Morgan fingerprint density at radius 3 is 2.76 bits per heavy atom. The van der Waals surface area contributed by atoms with Crippen LogP contribution in [0.15, 0.2) is 24.3 Å². The van der Waals surface area contributed by atoms with Gasteiger partial charge in [0.1, 0.15) is 0 Å². The van der Waals surface area contributed by atoms with E-state index in [1.54, 1.807) is 20.3 Å². The van der Waals surface area contributed by atoms with Crippen molar-refractivity contribution in [1.82, 2.24) is 5.32 Å². The Kier molecular flexibility index (Phi) is 7.74. The van der Waals surface area contributed by atoms with Gasteiger partial charge in [-0.2, -0.15) is 0 Å². The zero-order valence-corrected chi connectivity index (χ0v) is 12.8. The Morgan fingerprint density at radius 2 is 2.14 bits per heavy atom. The fraction of sp³-hybridized carbons (Fsp3) is 0.533. The number of benzene rings is 1. The van der Waals surface area contributed by atoms with Gasteiger partial charge in [0.15, 0.2) is 0 Å². The van der Waals surface area contributed by atoms with Crippen LogP contribution in [-0.4, -0.2) is 44.6 Å². The molecule has 0 fully saturated rings. The van der Waals surface area contributed by atoms with Gasteiger partial charge >= 0.3 is 6.03 Å². The van der Waals surface area contributed by atoms with Gasteiger partial charge in [-0.25, -0.2) is 4.79 Å². The molecule has 0 spiro atoms. The summed E-state index contributed by atoms with van der Waals surface area (Å²) in [6.45, 7) is 2.29. The SMILES string of the molecule is COCC[C@@H](CO)NC(=O)Nc1cccc([C@@H](C)OC)c1. The van der Waals surface area contributed by atoms with E-state index in [2.05, 4.69) is 10.6 Å². The molecule has 2 atom stereocenters. The summed E-state index contributed by atoms with van der Waals surface area (Å²) in [4.78, 5) is 11.9. The standard InChI is InChI=1S/C15H24N2O4/c1-11(21-3)12-5-4-6-13(9-12)16-15(19)17-14(10-18)7-8-20-2/h4-6,9,11,14,18H,7-8,10H2,1-3H3,(H2,16,17,19)/t11-,14+/m1/s1. The molecule has 1 aromatic carbocycles. The number of aliphatic hydroxyl groups excluding tert-OH is 1. The van der Waals surface area contributed by atoms with Gasteiger partial charge in [-0.1, -0.05) is 12.1 Å². The highest BCUT2D eigenvalue weighted by Crippen LogP contribution is 2.19. The Hall–Kier alpha value is -1.63. The summed E-state index contributed by atoms with van der Waals surface area (Å²) in [7, 11) is 3.22. The maximum atomic E-state index is 11.9. The van der Waals surface area contributed by atoms with Crippen molar-refractivity contribution >= 4 is 11.7 Å². The number of amides is 2. The van der Waals surface area contributed by atoms with Crippen LogP contribution < -0.4 is 10.6 Å². The van der Waals surface area contributed by atoms with Crippen LogP contribution in [0, 0.1) is 0 Å². The number of ether oxygens (including phenoxy) is 2. The van der Waals surface area contributed by atoms with E-state index in [1.807, 2.05) is 25.1 Å². The fourth-order valence-electron chi connectivity index (χ4n) is 1.83. The second-order valence-corrected chi connectivity index (χ2v) is 4.76. The Labute approximate surface area is 125 Å². The number of anilines is 1. The lowest BCUT2D eigenvalue weighted by atomic mass is 10.1. The normalized spacial score (nSPS) is 13.5. The third-order valence-corrected chi connectivity index (χ3v) is 3.19. The summed E-state index contributed by atoms with van der Waals surface area (Å²) in [5.41, 5.74) is 1.66. The highest BCUT2D eigenvalue weighted by molar-refractivity contribution is 5.89. The van der Waals surface area contributed by atoms with E-state index >= 15 is 0 Å². The molecule has 1 aromatic rings. The fourth-order valence-corrected chi connectivity index (χ4v) is 1.83. The van der Waals surface area contributed by atoms with Crippen molar-refractivity contribution < 1.29 is 19.4 Å². The number of hydrogen-bond acceptors (Lipinski definition) is 4. The second kappa shape index (κ2) is 9.33. The van der Waals surface area contributed by atoms with Gasteiger partial charge in [-0.05, 0) is 31.0 Å². The molecule has 0 aliphatic carbocycles. The van der Waals surface area contributed by atoms with E-state index in [-0.39, 0.29) is 24.8 Å². The highest BCUT2D eigenvalue weighted by atomic mass is 16.5. The van der Waals surface area contributed by atoms with Crippen LogP contribution in [0.4, 0.5) is 10.5 Å². The summed E-state index contributed by atoms with van der Waals surface area (Å²) in [6, 6.07) is 6.77. The van der Waals surface area contributed by atoms with Crippen LogP contribution in [0.3, 0.4) is 0 Å². The molecule has 0 aliphatic rings. The third kappa shape index (κ3) is 6.12. The Morgan fingerprint density at radius 1 is 1.38 bits per heavy atom. The van der Waals surface area contributed by atoms with Gasteiger partial charge in [-0.3, -0.25) is 0 Å². The molecule has 0 saturated heterocycles. The van der Waals surface area contributed by atoms with Gasteiger partial charge in [-0.15, -0.1) is 0 Å². The molecule has 0 aliphatic heterocycles. The van der Waals surface area contributed by atoms with E-state index < -0.39 is 0 Å². The number of carbonyl (C=O) groups excluding carboxylic acids is 1. The van der Waals surface area contributed by atoms with Crippen molar-refractivity contribution in [3.8, 4) is 0 Å². The molecule has 2 amide bonds. The lowest BCUT2D eigenvalue weighted by Crippen LogP contribution is -2.40. The first-order valence-corrected chi connectivity index (χ1v) is 6.90. The summed E-state index contributed by atoms with van der Waals surface area (Å²) in [5, 5.41) is 14.6. The molecule has 118 valence electrons. The largest absolute Gasteiger partial charge is 0.394 e. The smallest absolute Gasteiger partial charge is 0.319 e. The number of hydrogen-bond donors (Lipinski definition) is 3. The van der Waals surface area contributed by atoms with Crippen molar-refractivity contribution in [3.63, 3.8) is 0 Å². The molecule has 0 bridgehead atoms. The van der Waals surface area contributed by atoms with E-state index in [1.165, 1.54) is 0 Å². The van der Waals surface area contributed by atoms with Crippen molar-refractivity contribution in [2.24, 2.45) is 0 Å². The molecule has 3 N–H and O–H groups in total. The minimum atomic E-state index is -0.354. The van der Waals surface area contributed by atoms with Crippen LogP contribution in [0.5, 0.6) is 0 Å². The minimum Gasteiger partial charge on any atom is -0.394 e. The Bertz CT molecular complexity index is 439. The summed E-state index contributed by atoms with van der Waals surface area (Å²) >= 11 is 0. The second-order valence-electron chi connectivity index (χ2n) is 4.76. The third-order valence-electron chi connectivity index (χ3n) is 3.19. The lowest BCUT2D eigenvalue weighted by Gasteiger charge is -2.17. The maximum absolute atomic E-state index is 11.9. The van der Waals surface area contributed by atoms with Crippen LogP contribution >= 0.6 is 0 Å². The Balaban J connectivity index is 2.57. The molecule has 1 rings (SSSR count). The summed E-state index contributed by atoms with van der Waals surface area (Å²) < 4.78 is 10.2. The van der Waals surface area contributed by atoms with Crippen molar-refractivity contribution in [2.75, 3.05) is 32.8 Å². The number of carbonyl (C=O) groups is 1. The predicted molar refractivity (Wildman–Crippen MR) is 81.4 cm³/mol. The molecule has 21 heavy (non-hydrogen) atoms. The number of aliphatic hydroxyl groups is 1. The zero-order valence-electron chi connectivity index (χ0n) is 12.8.